The Kier molecular flexibility index (Phi) is 9.24. The minimum atomic E-state index is -0.199. The highest BCUT2D eigenvalue weighted by Crippen LogP contribution is 2.67. The average molecular weight is 515 g/mol. The Morgan fingerprint density at radius 2 is 1.76 bits per heavy atom. The van der Waals surface area contributed by atoms with Gasteiger partial charge < -0.3 is 9.47 Å². The molecule has 3 nitrogen and oxygen atoms in total. The van der Waals surface area contributed by atoms with Gasteiger partial charge in [0.1, 0.15) is 12.7 Å². The van der Waals surface area contributed by atoms with Crippen molar-refractivity contribution in [2.75, 3.05) is 6.61 Å². The minimum absolute atomic E-state index is 0.0301. The number of carbonyl (C=O) groups excluding carboxylic acids is 1. The zero-order valence-corrected chi connectivity index (χ0v) is 25.5. The predicted octanol–water partition coefficient (Wildman–Crippen LogP) is 9.00. The molecule has 9 atom stereocenters. The maximum absolute atomic E-state index is 12.3. The number of hydrogen-bond acceptors (Lipinski definition) is 3. The van der Waals surface area contributed by atoms with E-state index in [0.717, 1.165) is 54.3 Å². The Hall–Kier alpha value is -0.830. The molecule has 4 aliphatic rings. The smallest absolute Gasteiger partial charge is 0.332 e. The molecule has 0 unspecified atom stereocenters. The van der Waals surface area contributed by atoms with Crippen molar-refractivity contribution in [1.82, 2.24) is 0 Å². The molecule has 0 aromatic carbocycles. The van der Waals surface area contributed by atoms with Gasteiger partial charge in [-0.05, 0) is 117 Å². The van der Waals surface area contributed by atoms with Gasteiger partial charge in [0.15, 0.2) is 0 Å². The van der Waals surface area contributed by atoms with E-state index in [-0.39, 0.29) is 24.8 Å². The van der Waals surface area contributed by atoms with Crippen LogP contribution in [0.2, 0.25) is 0 Å². The van der Waals surface area contributed by atoms with Gasteiger partial charge >= 0.3 is 5.97 Å². The van der Waals surface area contributed by atoms with Gasteiger partial charge in [0, 0.05) is 6.42 Å². The summed E-state index contributed by atoms with van der Waals surface area (Å²) in [5.41, 5.74) is 2.43. The summed E-state index contributed by atoms with van der Waals surface area (Å²) in [5.74, 6) is 5.82. The summed E-state index contributed by atoms with van der Waals surface area (Å²) in [6, 6.07) is 0. The van der Waals surface area contributed by atoms with Crippen LogP contribution in [0.1, 0.15) is 126 Å². The lowest BCUT2D eigenvalue weighted by Crippen LogP contribution is -2.51. The number of ether oxygens (including phenoxy) is 2. The summed E-state index contributed by atoms with van der Waals surface area (Å²) in [5, 5.41) is 0. The minimum Gasteiger partial charge on any atom is -0.460 e. The van der Waals surface area contributed by atoms with Crippen LogP contribution in [0.15, 0.2) is 11.6 Å². The zero-order chi connectivity index (χ0) is 27.0. The Bertz CT molecular complexity index is 814. The first-order valence-corrected chi connectivity index (χ1v) is 16.0. The number of esters is 1. The molecular formula is C34H58O3. The number of fused-ring (bicyclic) bond motifs is 5. The van der Waals surface area contributed by atoms with Crippen molar-refractivity contribution in [2.24, 2.45) is 52.3 Å². The molecule has 0 amide bonds. The quantitative estimate of drug-likeness (QED) is 0.215. The molecule has 0 aromatic heterocycles. The van der Waals surface area contributed by atoms with E-state index in [1.165, 1.54) is 57.8 Å². The Morgan fingerprint density at radius 3 is 2.43 bits per heavy atom. The summed E-state index contributed by atoms with van der Waals surface area (Å²) < 4.78 is 11.3. The lowest BCUT2D eigenvalue weighted by Gasteiger charge is -2.58. The van der Waals surface area contributed by atoms with Gasteiger partial charge in [-0.15, -0.1) is 0 Å². The molecule has 0 N–H and O–H groups in total. The van der Waals surface area contributed by atoms with E-state index in [4.69, 9.17) is 9.47 Å². The molecule has 0 saturated heterocycles. The molecule has 0 bridgehead atoms. The fraction of sp³-hybridized carbons (Fsp3) is 0.912. The van der Waals surface area contributed by atoms with Crippen molar-refractivity contribution in [3.05, 3.63) is 11.6 Å². The number of carbonyl (C=O) groups is 1. The van der Waals surface area contributed by atoms with E-state index in [9.17, 15) is 4.79 Å². The number of hydrogen-bond donors (Lipinski definition) is 0. The standard InChI is InChI=1S/C34H58O3/c1-9-25(22(2)3)11-10-24(6)29-14-15-30-28-13-12-26-20-27(37-32(35)21-36-23(4)5)16-18-33(26,7)31(28)17-19-34(29,30)8/h12,22-25,27-31H,9-11,13-21H2,1-8H3/t24-,25-,27+,28+,29-,30+,31+,33+,34-/m1/s1. The van der Waals surface area contributed by atoms with Gasteiger partial charge in [-0.3, -0.25) is 0 Å². The highest BCUT2D eigenvalue weighted by atomic mass is 16.6. The lowest BCUT2D eigenvalue weighted by atomic mass is 9.47. The second-order valence-electron chi connectivity index (χ2n) is 14.7. The van der Waals surface area contributed by atoms with Crippen molar-refractivity contribution in [1.29, 1.82) is 0 Å². The second-order valence-corrected chi connectivity index (χ2v) is 14.7. The maximum Gasteiger partial charge on any atom is 0.332 e. The number of rotatable bonds is 10. The molecule has 0 radical (unpaired) electrons. The molecule has 0 heterocycles. The van der Waals surface area contributed by atoms with Crippen LogP contribution in [0.5, 0.6) is 0 Å². The monoisotopic (exact) mass is 514 g/mol. The van der Waals surface area contributed by atoms with E-state index >= 15 is 0 Å². The first-order valence-electron chi connectivity index (χ1n) is 16.0. The van der Waals surface area contributed by atoms with Crippen LogP contribution in [0.25, 0.3) is 0 Å². The molecular weight excluding hydrogens is 456 g/mol. The SMILES string of the molecule is CC[C@H](CC[C@@H](C)[C@H]1CC[C@H]2[C@@H]3CC=C4C[C@@H](OC(=O)COC(C)C)CC[C@]4(C)[C@H]3CC[C@]12C)C(C)C. The summed E-state index contributed by atoms with van der Waals surface area (Å²) in [6.07, 6.45) is 16.9. The van der Waals surface area contributed by atoms with E-state index in [1.54, 1.807) is 5.57 Å². The summed E-state index contributed by atoms with van der Waals surface area (Å²) in [7, 11) is 0. The summed E-state index contributed by atoms with van der Waals surface area (Å²) in [6.45, 7) is 19.0. The third-order valence-corrected chi connectivity index (χ3v) is 12.1. The van der Waals surface area contributed by atoms with Gasteiger partial charge in [-0.1, -0.05) is 66.0 Å². The van der Waals surface area contributed by atoms with Gasteiger partial charge in [-0.2, -0.15) is 0 Å². The van der Waals surface area contributed by atoms with E-state index in [0.29, 0.717) is 10.8 Å². The topological polar surface area (TPSA) is 35.5 Å². The molecule has 3 saturated carbocycles. The van der Waals surface area contributed by atoms with Crippen LogP contribution in [0, 0.1) is 52.3 Å². The van der Waals surface area contributed by atoms with E-state index < -0.39 is 0 Å². The highest BCUT2D eigenvalue weighted by Gasteiger charge is 2.59. The average Bonchev–Trinajstić information content (AvgIpc) is 3.20. The van der Waals surface area contributed by atoms with Crippen molar-refractivity contribution in [3.8, 4) is 0 Å². The summed E-state index contributed by atoms with van der Waals surface area (Å²) in [4.78, 5) is 12.3. The number of allylic oxidation sites excluding steroid dienone is 1. The molecule has 4 rings (SSSR count). The third kappa shape index (κ3) is 5.87. The summed E-state index contributed by atoms with van der Waals surface area (Å²) >= 11 is 0. The third-order valence-electron chi connectivity index (χ3n) is 12.1. The van der Waals surface area contributed by atoms with Gasteiger partial charge in [0.25, 0.3) is 0 Å². The van der Waals surface area contributed by atoms with E-state index in [2.05, 4.69) is 47.6 Å². The molecule has 3 fully saturated rings. The molecule has 4 aliphatic carbocycles. The second kappa shape index (κ2) is 11.7. The molecule has 0 spiro atoms. The van der Waals surface area contributed by atoms with Crippen LogP contribution < -0.4 is 0 Å². The van der Waals surface area contributed by atoms with E-state index in [1.807, 2.05) is 13.8 Å². The van der Waals surface area contributed by atoms with Crippen LogP contribution in [0.3, 0.4) is 0 Å². The van der Waals surface area contributed by atoms with Crippen LogP contribution in [-0.2, 0) is 14.3 Å². The van der Waals surface area contributed by atoms with Crippen LogP contribution >= 0.6 is 0 Å². The molecule has 0 aromatic rings. The van der Waals surface area contributed by atoms with Crippen LogP contribution in [-0.4, -0.2) is 24.8 Å². The van der Waals surface area contributed by atoms with Gasteiger partial charge in [0.2, 0.25) is 0 Å². The molecule has 37 heavy (non-hydrogen) atoms. The lowest BCUT2D eigenvalue weighted by molar-refractivity contribution is -0.158. The largest absolute Gasteiger partial charge is 0.460 e. The van der Waals surface area contributed by atoms with Crippen molar-refractivity contribution < 1.29 is 14.3 Å². The fourth-order valence-electron chi connectivity index (χ4n) is 9.85. The van der Waals surface area contributed by atoms with Crippen molar-refractivity contribution >= 4 is 5.97 Å². The molecule has 0 aliphatic heterocycles. The zero-order valence-electron chi connectivity index (χ0n) is 25.5. The fourth-order valence-corrected chi connectivity index (χ4v) is 9.85. The maximum atomic E-state index is 12.3. The Labute approximate surface area is 228 Å². The Morgan fingerprint density at radius 1 is 1.00 bits per heavy atom. The van der Waals surface area contributed by atoms with Crippen LogP contribution in [0.4, 0.5) is 0 Å². The van der Waals surface area contributed by atoms with Crippen molar-refractivity contribution in [2.45, 2.75) is 138 Å². The van der Waals surface area contributed by atoms with Gasteiger partial charge in [-0.25, -0.2) is 4.79 Å². The first-order chi connectivity index (χ1) is 17.5. The molecule has 212 valence electrons. The normalized spacial score (nSPS) is 39.0. The highest BCUT2D eigenvalue weighted by molar-refractivity contribution is 5.71. The van der Waals surface area contributed by atoms with Gasteiger partial charge in [0.05, 0.1) is 6.10 Å². The molecule has 3 heteroatoms. The Balaban J connectivity index is 1.40. The van der Waals surface area contributed by atoms with Crippen molar-refractivity contribution in [3.63, 3.8) is 0 Å². The predicted molar refractivity (Wildman–Crippen MR) is 153 cm³/mol. The first kappa shape index (κ1) is 29.2.